The number of fused-ring (bicyclic) bond motifs is 1. The molecule has 1 aromatic carbocycles. The summed E-state index contributed by atoms with van der Waals surface area (Å²) in [5.41, 5.74) is 2.43. The first-order valence-corrected chi connectivity index (χ1v) is 10.2. The van der Waals surface area contributed by atoms with Crippen molar-refractivity contribution < 1.29 is 4.39 Å². The topological polar surface area (TPSA) is 78.9 Å². The highest BCUT2D eigenvalue weighted by atomic mass is 19.1. The van der Waals surface area contributed by atoms with E-state index in [1.807, 2.05) is 18.2 Å². The molecule has 0 bridgehead atoms. The van der Waals surface area contributed by atoms with Gasteiger partial charge in [-0.3, -0.25) is 4.98 Å². The van der Waals surface area contributed by atoms with Crippen molar-refractivity contribution in [2.75, 3.05) is 36.4 Å². The summed E-state index contributed by atoms with van der Waals surface area (Å²) in [5, 5.41) is 6.66. The summed E-state index contributed by atoms with van der Waals surface area (Å²) in [7, 11) is 0. The Balaban J connectivity index is 1.66. The van der Waals surface area contributed by atoms with Crippen LogP contribution in [-0.4, -0.2) is 52.2 Å². The number of benzene rings is 1. The predicted octanol–water partition coefficient (Wildman–Crippen LogP) is 3.24. The van der Waals surface area contributed by atoms with Crippen molar-refractivity contribution >= 4 is 22.8 Å². The summed E-state index contributed by atoms with van der Waals surface area (Å²) in [4.78, 5) is 19.9. The highest BCUT2D eigenvalue weighted by molar-refractivity contribution is 5.81. The summed E-state index contributed by atoms with van der Waals surface area (Å²) in [6, 6.07) is 5.82. The molecule has 152 valence electrons. The zero-order valence-electron chi connectivity index (χ0n) is 16.8. The number of nitrogens with one attached hydrogen (secondary N) is 2. The fraction of sp³-hybridized carbons (Fsp3) is 0.429. The molecule has 29 heavy (non-hydrogen) atoms. The number of aromatic nitrogens is 4. The van der Waals surface area contributed by atoms with Gasteiger partial charge >= 0.3 is 0 Å². The average Bonchev–Trinajstić information content (AvgIpc) is 2.76. The van der Waals surface area contributed by atoms with Crippen molar-refractivity contribution in [3.63, 3.8) is 0 Å². The molecular weight excluding hydrogens is 369 g/mol. The first-order valence-electron chi connectivity index (χ1n) is 10.2. The number of piperidine rings is 1. The van der Waals surface area contributed by atoms with E-state index in [0.717, 1.165) is 55.9 Å². The molecule has 0 saturated carbocycles. The van der Waals surface area contributed by atoms with Crippen LogP contribution in [0.2, 0.25) is 0 Å². The van der Waals surface area contributed by atoms with E-state index in [9.17, 15) is 4.39 Å². The Morgan fingerprint density at radius 1 is 1.07 bits per heavy atom. The van der Waals surface area contributed by atoms with Crippen LogP contribution in [0, 0.1) is 5.82 Å². The molecule has 0 spiro atoms. The minimum Gasteiger partial charge on any atom is -0.356 e. The summed E-state index contributed by atoms with van der Waals surface area (Å²) in [5.74, 6) is 0.820. The third-order valence-corrected chi connectivity index (χ3v) is 5.31. The Morgan fingerprint density at radius 3 is 2.62 bits per heavy atom. The Hall–Kier alpha value is -2.87. The number of hydrogen-bond donors (Lipinski definition) is 2. The number of nitrogens with zero attached hydrogens (tertiary/aromatic N) is 5. The molecule has 2 aromatic heterocycles. The Morgan fingerprint density at radius 2 is 1.86 bits per heavy atom. The first-order chi connectivity index (χ1) is 14.2. The van der Waals surface area contributed by atoms with E-state index < -0.39 is 5.82 Å². The second kappa shape index (κ2) is 8.65. The second-order valence-electron chi connectivity index (χ2n) is 7.16. The zero-order valence-corrected chi connectivity index (χ0v) is 16.8. The fourth-order valence-electron chi connectivity index (χ4n) is 3.64. The first kappa shape index (κ1) is 19.4. The number of hydrogen-bond acceptors (Lipinski definition) is 7. The van der Waals surface area contributed by atoms with Gasteiger partial charge < -0.3 is 15.5 Å². The Kier molecular flexibility index (Phi) is 5.80. The van der Waals surface area contributed by atoms with Crippen LogP contribution in [0.4, 0.5) is 16.2 Å². The van der Waals surface area contributed by atoms with Crippen LogP contribution < -0.4 is 15.5 Å². The van der Waals surface area contributed by atoms with Crippen LogP contribution in [0.1, 0.15) is 26.7 Å². The lowest BCUT2D eigenvalue weighted by Gasteiger charge is -2.23. The van der Waals surface area contributed by atoms with Gasteiger partial charge in [0.2, 0.25) is 5.95 Å². The molecule has 2 N–H and O–H groups in total. The molecule has 0 amide bonds. The maximum Gasteiger partial charge on any atom is 0.223 e. The van der Waals surface area contributed by atoms with E-state index in [1.165, 1.54) is 6.20 Å². The van der Waals surface area contributed by atoms with Gasteiger partial charge in [0.25, 0.3) is 0 Å². The zero-order chi connectivity index (χ0) is 20.2. The average molecular weight is 395 g/mol. The van der Waals surface area contributed by atoms with E-state index in [1.54, 1.807) is 6.20 Å². The van der Waals surface area contributed by atoms with Crippen molar-refractivity contribution in [2.24, 2.45) is 0 Å². The van der Waals surface area contributed by atoms with Gasteiger partial charge in [-0.15, -0.1) is 0 Å². The SMILES string of the molecule is CCN(CC)c1cnc2ccc(-c3nc(NC4CCNCC4)ncc3F)cc2n1. The minimum atomic E-state index is -0.451. The van der Waals surface area contributed by atoms with Gasteiger partial charge in [-0.05, 0) is 51.9 Å². The lowest BCUT2D eigenvalue weighted by Crippen LogP contribution is -2.35. The molecule has 0 aliphatic carbocycles. The molecule has 3 heterocycles. The standard InChI is InChI=1S/C21H26FN7/c1-3-29(4-2)19-13-24-17-6-5-14(11-18(17)27-19)20-16(22)12-25-21(28-20)26-15-7-9-23-10-8-15/h5-6,11-13,15,23H,3-4,7-10H2,1-2H3,(H,25,26,28). The van der Waals surface area contributed by atoms with Crippen molar-refractivity contribution in [2.45, 2.75) is 32.7 Å². The van der Waals surface area contributed by atoms with E-state index in [2.05, 4.69) is 44.3 Å². The molecule has 1 saturated heterocycles. The van der Waals surface area contributed by atoms with Crippen LogP contribution in [-0.2, 0) is 0 Å². The molecule has 1 aliphatic rings. The second-order valence-corrected chi connectivity index (χ2v) is 7.16. The van der Waals surface area contributed by atoms with Crippen LogP contribution in [0.3, 0.4) is 0 Å². The summed E-state index contributed by atoms with van der Waals surface area (Å²) in [6.45, 7) is 7.79. The molecule has 7 nitrogen and oxygen atoms in total. The molecular formula is C21H26FN7. The molecule has 3 aromatic rings. The molecule has 0 atom stereocenters. The van der Waals surface area contributed by atoms with Gasteiger partial charge in [-0.2, -0.15) is 0 Å². The normalized spacial score (nSPS) is 14.9. The van der Waals surface area contributed by atoms with E-state index in [4.69, 9.17) is 4.98 Å². The van der Waals surface area contributed by atoms with Crippen LogP contribution in [0.25, 0.3) is 22.3 Å². The maximum absolute atomic E-state index is 14.5. The van der Waals surface area contributed by atoms with Crippen molar-refractivity contribution in [3.05, 3.63) is 36.4 Å². The fourth-order valence-corrected chi connectivity index (χ4v) is 3.64. The van der Waals surface area contributed by atoms with Crippen LogP contribution in [0.5, 0.6) is 0 Å². The summed E-state index contributed by atoms with van der Waals surface area (Å²) < 4.78 is 14.5. The van der Waals surface area contributed by atoms with Crippen LogP contribution >= 0.6 is 0 Å². The lowest BCUT2D eigenvalue weighted by atomic mass is 10.1. The Labute approximate surface area is 169 Å². The summed E-state index contributed by atoms with van der Waals surface area (Å²) in [6.07, 6.45) is 5.00. The highest BCUT2D eigenvalue weighted by Crippen LogP contribution is 2.26. The molecule has 1 aliphatic heterocycles. The molecule has 1 fully saturated rings. The van der Waals surface area contributed by atoms with Gasteiger partial charge in [0, 0.05) is 24.7 Å². The van der Waals surface area contributed by atoms with Gasteiger partial charge in [-0.1, -0.05) is 6.07 Å². The third kappa shape index (κ3) is 4.27. The quantitative estimate of drug-likeness (QED) is 0.663. The lowest BCUT2D eigenvalue weighted by molar-refractivity contribution is 0.477. The highest BCUT2D eigenvalue weighted by Gasteiger charge is 2.16. The van der Waals surface area contributed by atoms with Gasteiger partial charge in [-0.25, -0.2) is 19.3 Å². The molecule has 8 heteroatoms. The van der Waals surface area contributed by atoms with E-state index >= 15 is 0 Å². The summed E-state index contributed by atoms with van der Waals surface area (Å²) >= 11 is 0. The van der Waals surface area contributed by atoms with Gasteiger partial charge in [0.1, 0.15) is 11.5 Å². The number of rotatable bonds is 6. The largest absolute Gasteiger partial charge is 0.356 e. The van der Waals surface area contributed by atoms with Gasteiger partial charge in [0.15, 0.2) is 5.82 Å². The van der Waals surface area contributed by atoms with Crippen LogP contribution in [0.15, 0.2) is 30.6 Å². The smallest absolute Gasteiger partial charge is 0.223 e. The Bertz CT molecular complexity index is 984. The van der Waals surface area contributed by atoms with Crippen molar-refractivity contribution in [3.8, 4) is 11.3 Å². The maximum atomic E-state index is 14.5. The minimum absolute atomic E-state index is 0.272. The number of anilines is 2. The monoisotopic (exact) mass is 395 g/mol. The number of halogens is 1. The molecule has 0 radical (unpaired) electrons. The van der Waals surface area contributed by atoms with E-state index in [0.29, 0.717) is 17.6 Å². The van der Waals surface area contributed by atoms with Crippen molar-refractivity contribution in [1.29, 1.82) is 0 Å². The van der Waals surface area contributed by atoms with Gasteiger partial charge in [0.05, 0.1) is 23.4 Å². The molecule has 0 unspecified atom stereocenters. The predicted molar refractivity (Wildman–Crippen MR) is 114 cm³/mol. The molecule has 4 rings (SSSR count). The third-order valence-electron chi connectivity index (χ3n) is 5.31. The van der Waals surface area contributed by atoms with E-state index in [-0.39, 0.29) is 5.69 Å². The van der Waals surface area contributed by atoms with Crippen molar-refractivity contribution in [1.82, 2.24) is 25.3 Å².